The van der Waals surface area contributed by atoms with E-state index in [9.17, 15) is 0 Å². The van der Waals surface area contributed by atoms with Gasteiger partial charge in [0.25, 0.3) is 0 Å². The number of morpholine rings is 1. The van der Waals surface area contributed by atoms with Crippen LogP contribution in [-0.2, 0) is 11.3 Å². The first-order valence-corrected chi connectivity index (χ1v) is 10.9. The molecule has 9 heteroatoms. The first kappa shape index (κ1) is 18.8. The third-order valence-electron chi connectivity index (χ3n) is 5.51. The van der Waals surface area contributed by atoms with E-state index in [0.29, 0.717) is 5.82 Å². The number of piperazine rings is 1. The van der Waals surface area contributed by atoms with Gasteiger partial charge in [-0.15, -0.1) is 11.3 Å². The van der Waals surface area contributed by atoms with Crippen LogP contribution >= 0.6 is 11.3 Å². The Balaban J connectivity index is 1.51. The lowest BCUT2D eigenvalue weighted by Crippen LogP contribution is -2.43. The van der Waals surface area contributed by atoms with Gasteiger partial charge in [0.1, 0.15) is 6.33 Å². The van der Waals surface area contributed by atoms with E-state index in [1.165, 1.54) is 11.2 Å². The summed E-state index contributed by atoms with van der Waals surface area (Å²) in [5.74, 6) is 1.69. The van der Waals surface area contributed by atoms with Crippen LogP contribution in [0.25, 0.3) is 21.6 Å². The number of thiophene rings is 1. The van der Waals surface area contributed by atoms with Crippen LogP contribution < -0.4 is 4.90 Å². The molecule has 0 radical (unpaired) electrons. The molecule has 5 heterocycles. The third-order valence-corrected chi connectivity index (χ3v) is 6.61. The number of anilines is 1. The molecule has 0 bridgehead atoms. The van der Waals surface area contributed by atoms with Crippen LogP contribution in [0.4, 0.5) is 5.82 Å². The van der Waals surface area contributed by atoms with Crippen molar-refractivity contribution >= 4 is 27.4 Å². The largest absolute Gasteiger partial charge is 0.378 e. The maximum atomic E-state index is 5.55. The van der Waals surface area contributed by atoms with Crippen LogP contribution in [0.1, 0.15) is 4.88 Å². The number of likely N-dealkylation sites (N-methyl/N-ethyl adjacent to an activating group) is 1. The van der Waals surface area contributed by atoms with Gasteiger partial charge in [-0.25, -0.2) is 19.9 Å². The highest BCUT2D eigenvalue weighted by molar-refractivity contribution is 7.19. The lowest BCUT2D eigenvalue weighted by atomic mass is 10.2. The Morgan fingerprint density at radius 3 is 2.52 bits per heavy atom. The molecule has 0 aliphatic carbocycles. The smallest absolute Gasteiger partial charge is 0.165 e. The fraction of sp³-hybridized carbons (Fsp3) is 0.500. The Morgan fingerprint density at radius 2 is 1.76 bits per heavy atom. The molecule has 2 fully saturated rings. The minimum Gasteiger partial charge on any atom is -0.378 e. The molecule has 0 unspecified atom stereocenters. The minimum atomic E-state index is 0.684. The monoisotopic (exact) mass is 411 g/mol. The molecule has 2 saturated heterocycles. The van der Waals surface area contributed by atoms with Crippen LogP contribution in [0.5, 0.6) is 0 Å². The van der Waals surface area contributed by atoms with E-state index in [1.807, 2.05) is 11.3 Å². The van der Waals surface area contributed by atoms with E-state index < -0.39 is 0 Å². The van der Waals surface area contributed by atoms with Crippen LogP contribution in [0.2, 0.25) is 0 Å². The number of hydrogen-bond donors (Lipinski definition) is 0. The molecule has 0 amide bonds. The maximum absolute atomic E-state index is 5.55. The molecule has 2 aliphatic heterocycles. The average molecular weight is 412 g/mol. The Morgan fingerprint density at radius 1 is 1.00 bits per heavy atom. The van der Waals surface area contributed by atoms with Gasteiger partial charge in [-0.2, -0.15) is 0 Å². The predicted octanol–water partition coefficient (Wildman–Crippen LogP) is 1.73. The van der Waals surface area contributed by atoms with Crippen LogP contribution in [-0.4, -0.2) is 89.3 Å². The molecule has 0 spiro atoms. The zero-order valence-electron chi connectivity index (χ0n) is 16.6. The molecule has 0 atom stereocenters. The lowest BCUT2D eigenvalue weighted by molar-refractivity contribution is 0.122. The summed E-state index contributed by atoms with van der Waals surface area (Å²) in [7, 11) is 2.19. The first-order chi connectivity index (χ1) is 14.3. The summed E-state index contributed by atoms with van der Waals surface area (Å²) in [6.07, 6.45) is 5.08. The van der Waals surface area contributed by atoms with Gasteiger partial charge in [0.05, 0.1) is 29.0 Å². The van der Waals surface area contributed by atoms with Crippen LogP contribution in [0.3, 0.4) is 0 Å². The van der Waals surface area contributed by atoms with Crippen LogP contribution in [0.15, 0.2) is 24.8 Å². The number of nitrogens with zero attached hydrogens (tertiary/aromatic N) is 7. The van der Waals surface area contributed by atoms with E-state index in [2.05, 4.69) is 37.8 Å². The Labute approximate surface area is 174 Å². The fourth-order valence-corrected chi connectivity index (χ4v) is 4.96. The molecule has 2 aliphatic rings. The molecular weight excluding hydrogens is 386 g/mol. The highest BCUT2D eigenvalue weighted by atomic mass is 32.1. The zero-order valence-corrected chi connectivity index (χ0v) is 17.4. The van der Waals surface area contributed by atoms with Gasteiger partial charge >= 0.3 is 0 Å². The van der Waals surface area contributed by atoms with Crippen molar-refractivity contribution in [2.45, 2.75) is 6.54 Å². The lowest BCUT2D eigenvalue weighted by Gasteiger charge is -2.31. The molecule has 152 valence electrons. The van der Waals surface area contributed by atoms with E-state index >= 15 is 0 Å². The molecule has 8 nitrogen and oxygen atoms in total. The molecule has 0 N–H and O–H groups in total. The molecule has 0 aromatic carbocycles. The van der Waals surface area contributed by atoms with Crippen molar-refractivity contribution in [2.75, 3.05) is 64.4 Å². The highest BCUT2D eigenvalue weighted by Gasteiger charge is 2.21. The average Bonchev–Trinajstić information content (AvgIpc) is 3.18. The molecule has 29 heavy (non-hydrogen) atoms. The number of ether oxygens (including phenoxy) is 1. The number of hydrogen-bond acceptors (Lipinski definition) is 9. The van der Waals surface area contributed by atoms with Crippen molar-refractivity contribution in [1.29, 1.82) is 0 Å². The zero-order chi connectivity index (χ0) is 19.6. The number of rotatable bonds is 4. The van der Waals surface area contributed by atoms with E-state index in [1.54, 1.807) is 12.4 Å². The van der Waals surface area contributed by atoms with Crippen LogP contribution in [0, 0.1) is 0 Å². The highest BCUT2D eigenvalue weighted by Crippen LogP contribution is 2.34. The van der Waals surface area contributed by atoms with Crippen molar-refractivity contribution in [2.24, 2.45) is 0 Å². The second-order valence-corrected chi connectivity index (χ2v) is 8.74. The van der Waals surface area contributed by atoms with Gasteiger partial charge < -0.3 is 14.5 Å². The summed E-state index contributed by atoms with van der Waals surface area (Å²) in [6.45, 7) is 8.61. The number of fused-ring (bicyclic) bond motifs is 1. The Bertz CT molecular complexity index is 966. The molecule has 3 aromatic heterocycles. The molecular formula is C20H25N7OS. The van der Waals surface area contributed by atoms with Crippen molar-refractivity contribution < 1.29 is 4.74 Å². The topological polar surface area (TPSA) is 70.5 Å². The van der Waals surface area contributed by atoms with Gasteiger partial charge in [-0.1, -0.05) is 0 Å². The summed E-state index contributed by atoms with van der Waals surface area (Å²) < 4.78 is 6.71. The molecule has 3 aromatic rings. The van der Waals surface area contributed by atoms with Crippen molar-refractivity contribution in [3.8, 4) is 11.4 Å². The second-order valence-electron chi connectivity index (χ2n) is 7.60. The predicted molar refractivity (Wildman–Crippen MR) is 114 cm³/mol. The minimum absolute atomic E-state index is 0.684. The normalized spacial score (nSPS) is 19.1. The van der Waals surface area contributed by atoms with Gasteiger partial charge in [-0.05, 0) is 13.1 Å². The van der Waals surface area contributed by atoms with Crippen molar-refractivity contribution in [3.05, 3.63) is 29.7 Å². The standard InChI is InChI=1S/C20H25N7OS/c1-25-2-4-26(5-3-25)13-16-10-17-18(29-16)20(27-6-8-28-9-7-27)24-19(23-17)15-11-21-14-22-12-15/h10-12,14H,2-9,13H2,1H3. The van der Waals surface area contributed by atoms with Gasteiger partial charge in [0, 0.05) is 63.1 Å². The maximum Gasteiger partial charge on any atom is 0.165 e. The fourth-order valence-electron chi connectivity index (χ4n) is 3.80. The van der Waals surface area contributed by atoms with Gasteiger partial charge in [0.2, 0.25) is 0 Å². The molecule has 5 rings (SSSR count). The van der Waals surface area contributed by atoms with Crippen molar-refractivity contribution in [1.82, 2.24) is 29.7 Å². The molecule has 0 saturated carbocycles. The number of aromatic nitrogens is 4. The summed E-state index contributed by atoms with van der Waals surface area (Å²) in [4.78, 5) is 26.6. The second kappa shape index (κ2) is 8.27. The summed E-state index contributed by atoms with van der Waals surface area (Å²) in [6, 6.07) is 2.23. The van der Waals surface area contributed by atoms with Gasteiger partial charge in [-0.3, -0.25) is 4.90 Å². The van der Waals surface area contributed by atoms with Gasteiger partial charge in [0.15, 0.2) is 11.6 Å². The first-order valence-electron chi connectivity index (χ1n) is 10.1. The van der Waals surface area contributed by atoms with E-state index in [4.69, 9.17) is 14.7 Å². The summed E-state index contributed by atoms with van der Waals surface area (Å²) >= 11 is 1.82. The summed E-state index contributed by atoms with van der Waals surface area (Å²) in [5, 5.41) is 0. The SMILES string of the molecule is CN1CCN(Cc2cc3nc(-c4cncnc4)nc(N4CCOCC4)c3s2)CC1. The summed E-state index contributed by atoms with van der Waals surface area (Å²) in [5.41, 5.74) is 1.85. The quantitative estimate of drug-likeness (QED) is 0.643. The van der Waals surface area contributed by atoms with Crippen molar-refractivity contribution in [3.63, 3.8) is 0 Å². The Hall–Kier alpha value is -2.20. The van der Waals surface area contributed by atoms with E-state index in [-0.39, 0.29) is 0 Å². The Kier molecular flexibility index (Phi) is 5.36. The van der Waals surface area contributed by atoms with E-state index in [0.717, 1.165) is 80.6 Å². The third kappa shape index (κ3) is 4.09.